The second-order valence-corrected chi connectivity index (χ2v) is 5.39. The van der Waals surface area contributed by atoms with Crippen LogP contribution in [-0.4, -0.2) is 11.1 Å². The first-order chi connectivity index (χ1) is 6.27. The number of carboxylic acid groups (broad SMARTS) is 1. The molecule has 1 aliphatic carbocycles. The molecule has 0 heterocycles. The molecule has 0 aliphatic heterocycles. The Labute approximate surface area is 86.0 Å². The molecular formula is C12H20O2. The van der Waals surface area contributed by atoms with Gasteiger partial charge in [0, 0.05) is 0 Å². The highest BCUT2D eigenvalue weighted by Crippen LogP contribution is 2.43. The molecule has 0 amide bonds. The van der Waals surface area contributed by atoms with Gasteiger partial charge in [-0.15, -0.1) is 0 Å². The predicted octanol–water partition coefficient (Wildman–Crippen LogP) is 3.09. The van der Waals surface area contributed by atoms with Gasteiger partial charge in [-0.3, -0.25) is 4.79 Å². The molecule has 1 aliphatic rings. The zero-order valence-corrected chi connectivity index (χ0v) is 9.50. The Kier molecular flexibility index (Phi) is 2.75. The summed E-state index contributed by atoms with van der Waals surface area (Å²) >= 11 is 0. The molecule has 0 aromatic heterocycles. The summed E-state index contributed by atoms with van der Waals surface area (Å²) in [6.07, 6.45) is 6.28. The van der Waals surface area contributed by atoms with Crippen LogP contribution in [0.1, 0.15) is 40.5 Å². The highest BCUT2D eigenvalue weighted by molar-refractivity contribution is 5.71. The zero-order chi connectivity index (χ0) is 11.0. The molecule has 0 saturated heterocycles. The van der Waals surface area contributed by atoms with E-state index in [4.69, 9.17) is 5.11 Å². The number of allylic oxidation sites excluding steroid dienone is 2. The van der Waals surface area contributed by atoms with Crippen molar-refractivity contribution in [3.63, 3.8) is 0 Å². The first-order valence-electron chi connectivity index (χ1n) is 5.20. The largest absolute Gasteiger partial charge is 0.481 e. The minimum atomic E-state index is -0.697. The van der Waals surface area contributed by atoms with Crippen molar-refractivity contribution >= 4 is 5.97 Å². The third kappa shape index (κ3) is 2.17. The summed E-state index contributed by atoms with van der Waals surface area (Å²) in [5.74, 6) is -0.994. The molecule has 2 atom stereocenters. The van der Waals surface area contributed by atoms with E-state index < -0.39 is 5.97 Å². The van der Waals surface area contributed by atoms with Crippen molar-refractivity contribution in [1.29, 1.82) is 0 Å². The van der Waals surface area contributed by atoms with Crippen LogP contribution in [0.25, 0.3) is 0 Å². The van der Waals surface area contributed by atoms with Gasteiger partial charge < -0.3 is 5.11 Å². The van der Waals surface area contributed by atoms with Gasteiger partial charge in [0.1, 0.15) is 0 Å². The van der Waals surface area contributed by atoms with Crippen LogP contribution in [0.15, 0.2) is 12.2 Å². The van der Waals surface area contributed by atoms with Crippen LogP contribution in [-0.2, 0) is 4.79 Å². The third-order valence-electron chi connectivity index (χ3n) is 3.58. The lowest BCUT2D eigenvalue weighted by Gasteiger charge is -2.38. The van der Waals surface area contributed by atoms with Gasteiger partial charge in [0.2, 0.25) is 0 Å². The van der Waals surface area contributed by atoms with E-state index in [1.165, 1.54) is 0 Å². The predicted molar refractivity (Wildman–Crippen MR) is 57.1 cm³/mol. The molecule has 1 rings (SSSR count). The first kappa shape index (κ1) is 11.3. The highest BCUT2D eigenvalue weighted by atomic mass is 16.4. The van der Waals surface area contributed by atoms with E-state index in [0.717, 1.165) is 12.8 Å². The van der Waals surface area contributed by atoms with E-state index in [0.29, 0.717) is 0 Å². The van der Waals surface area contributed by atoms with Crippen molar-refractivity contribution in [2.24, 2.45) is 16.7 Å². The van der Waals surface area contributed by atoms with Gasteiger partial charge in [-0.2, -0.15) is 0 Å². The van der Waals surface area contributed by atoms with E-state index in [2.05, 4.69) is 26.0 Å². The van der Waals surface area contributed by atoms with Gasteiger partial charge in [0.05, 0.1) is 5.92 Å². The van der Waals surface area contributed by atoms with Gasteiger partial charge in [0.25, 0.3) is 0 Å². The summed E-state index contributed by atoms with van der Waals surface area (Å²) in [7, 11) is 0. The molecule has 80 valence electrons. The molecule has 1 N–H and O–H groups in total. The maximum absolute atomic E-state index is 10.9. The molecule has 2 nitrogen and oxygen atoms in total. The van der Waals surface area contributed by atoms with Crippen molar-refractivity contribution in [1.82, 2.24) is 0 Å². The average Bonchev–Trinajstić information content (AvgIpc) is 2.09. The lowest BCUT2D eigenvalue weighted by atomic mass is 9.66. The van der Waals surface area contributed by atoms with Crippen molar-refractivity contribution in [3.8, 4) is 0 Å². The standard InChI is InChI=1S/C12H20O2/c1-9(10(13)14)12(4)7-5-11(2,3)6-8-12/h5,7,9H,6,8H2,1-4H3,(H,13,14). The van der Waals surface area contributed by atoms with Crippen molar-refractivity contribution < 1.29 is 9.90 Å². The maximum atomic E-state index is 10.9. The Bertz CT molecular complexity index is 265. The number of rotatable bonds is 2. The maximum Gasteiger partial charge on any atom is 0.307 e. The molecule has 2 unspecified atom stereocenters. The molecule has 0 saturated carbocycles. The van der Waals surface area contributed by atoms with Crippen LogP contribution >= 0.6 is 0 Å². The van der Waals surface area contributed by atoms with Gasteiger partial charge >= 0.3 is 5.97 Å². The van der Waals surface area contributed by atoms with E-state index in [9.17, 15) is 4.79 Å². The number of carbonyl (C=O) groups is 1. The van der Waals surface area contributed by atoms with E-state index in [-0.39, 0.29) is 16.7 Å². The van der Waals surface area contributed by atoms with Gasteiger partial charge in [-0.25, -0.2) is 0 Å². The van der Waals surface area contributed by atoms with Crippen molar-refractivity contribution in [2.45, 2.75) is 40.5 Å². The fourth-order valence-electron chi connectivity index (χ4n) is 1.82. The van der Waals surface area contributed by atoms with E-state index in [1.54, 1.807) is 6.92 Å². The molecule has 0 aromatic carbocycles. The average molecular weight is 196 g/mol. The Balaban J connectivity index is 2.84. The summed E-state index contributed by atoms with van der Waals surface area (Å²) in [6, 6.07) is 0. The van der Waals surface area contributed by atoms with Crippen LogP contribution in [0.4, 0.5) is 0 Å². The number of hydrogen-bond acceptors (Lipinski definition) is 1. The van der Waals surface area contributed by atoms with Crippen LogP contribution in [0.2, 0.25) is 0 Å². The molecular weight excluding hydrogens is 176 g/mol. The van der Waals surface area contributed by atoms with Gasteiger partial charge in [0.15, 0.2) is 0 Å². The lowest BCUT2D eigenvalue weighted by molar-refractivity contribution is -0.144. The number of hydrogen-bond donors (Lipinski definition) is 1. The molecule has 0 fully saturated rings. The molecule has 14 heavy (non-hydrogen) atoms. The minimum absolute atomic E-state index is 0.165. The van der Waals surface area contributed by atoms with Crippen LogP contribution in [0.5, 0.6) is 0 Å². The normalized spacial score (nSPS) is 32.6. The smallest absolute Gasteiger partial charge is 0.307 e. The monoisotopic (exact) mass is 196 g/mol. The summed E-state index contributed by atoms with van der Waals surface area (Å²) in [5, 5.41) is 9.00. The fourth-order valence-corrected chi connectivity index (χ4v) is 1.82. The quantitative estimate of drug-likeness (QED) is 0.689. The van der Waals surface area contributed by atoms with Crippen molar-refractivity contribution in [2.75, 3.05) is 0 Å². The molecule has 0 spiro atoms. The molecule has 0 bridgehead atoms. The topological polar surface area (TPSA) is 37.3 Å². The Morgan fingerprint density at radius 2 is 1.86 bits per heavy atom. The second-order valence-electron chi connectivity index (χ2n) is 5.39. The Morgan fingerprint density at radius 1 is 1.29 bits per heavy atom. The number of aliphatic carboxylic acids is 1. The lowest BCUT2D eigenvalue weighted by Crippen LogP contribution is -2.33. The van der Waals surface area contributed by atoms with Gasteiger partial charge in [-0.1, -0.05) is 39.8 Å². The summed E-state index contributed by atoms with van der Waals surface area (Å²) in [5.41, 5.74) is 0.0685. The molecule has 2 heteroatoms. The summed E-state index contributed by atoms with van der Waals surface area (Å²) < 4.78 is 0. The third-order valence-corrected chi connectivity index (χ3v) is 3.58. The molecule has 0 radical (unpaired) electrons. The summed E-state index contributed by atoms with van der Waals surface area (Å²) in [4.78, 5) is 10.9. The number of carboxylic acids is 1. The highest BCUT2D eigenvalue weighted by Gasteiger charge is 2.37. The SMILES string of the molecule is CC(C(=O)O)C1(C)C=CC(C)(C)CC1. The van der Waals surface area contributed by atoms with E-state index >= 15 is 0 Å². The zero-order valence-electron chi connectivity index (χ0n) is 9.50. The van der Waals surface area contributed by atoms with Crippen molar-refractivity contribution in [3.05, 3.63) is 12.2 Å². The van der Waals surface area contributed by atoms with Gasteiger partial charge in [-0.05, 0) is 23.7 Å². The van der Waals surface area contributed by atoms with Crippen LogP contribution < -0.4 is 0 Å². The van der Waals surface area contributed by atoms with Crippen LogP contribution in [0.3, 0.4) is 0 Å². The second kappa shape index (κ2) is 3.41. The fraction of sp³-hybridized carbons (Fsp3) is 0.750. The minimum Gasteiger partial charge on any atom is -0.481 e. The Hall–Kier alpha value is -0.790. The molecule has 0 aromatic rings. The first-order valence-corrected chi connectivity index (χ1v) is 5.20. The Morgan fingerprint density at radius 3 is 2.21 bits per heavy atom. The summed E-state index contributed by atoms with van der Waals surface area (Å²) in [6.45, 7) is 8.21. The van der Waals surface area contributed by atoms with E-state index in [1.807, 2.05) is 6.92 Å². The van der Waals surface area contributed by atoms with Crippen LogP contribution in [0, 0.1) is 16.7 Å².